The number of rotatable bonds is 4. The average molecular weight is 205 g/mol. The van der Waals surface area contributed by atoms with E-state index < -0.39 is 0 Å². The predicted octanol–water partition coefficient (Wildman–Crippen LogP) is 3.47. The molecule has 84 valence electrons. The standard InChI is InChI=1S/C14H23N/c1-5-11-7-8-12(6-2)13(9-11)14(15)10(3)4/h7-10,14H,5-6,15H2,1-4H3. The van der Waals surface area contributed by atoms with Gasteiger partial charge in [-0.2, -0.15) is 0 Å². The molecule has 1 nitrogen and oxygen atoms in total. The van der Waals surface area contributed by atoms with Crippen LogP contribution in [0.2, 0.25) is 0 Å². The van der Waals surface area contributed by atoms with Crippen molar-refractivity contribution in [2.24, 2.45) is 11.7 Å². The Morgan fingerprint density at radius 1 is 1.13 bits per heavy atom. The minimum Gasteiger partial charge on any atom is -0.324 e. The van der Waals surface area contributed by atoms with Crippen LogP contribution in [-0.4, -0.2) is 0 Å². The van der Waals surface area contributed by atoms with Crippen molar-refractivity contribution in [2.75, 3.05) is 0 Å². The monoisotopic (exact) mass is 205 g/mol. The van der Waals surface area contributed by atoms with Gasteiger partial charge in [-0.25, -0.2) is 0 Å². The molecule has 0 saturated heterocycles. The Kier molecular flexibility index (Phi) is 4.34. The molecule has 0 aliphatic carbocycles. The molecule has 1 rings (SSSR count). The summed E-state index contributed by atoms with van der Waals surface area (Å²) in [6, 6.07) is 6.90. The predicted molar refractivity (Wildman–Crippen MR) is 67.0 cm³/mol. The Balaban J connectivity index is 3.11. The number of hydrogen-bond acceptors (Lipinski definition) is 1. The Labute approximate surface area is 93.7 Å². The quantitative estimate of drug-likeness (QED) is 0.800. The molecule has 15 heavy (non-hydrogen) atoms. The van der Waals surface area contributed by atoms with Crippen LogP contribution in [0, 0.1) is 5.92 Å². The van der Waals surface area contributed by atoms with Crippen LogP contribution in [0.15, 0.2) is 18.2 Å². The van der Waals surface area contributed by atoms with E-state index in [1.165, 1.54) is 16.7 Å². The van der Waals surface area contributed by atoms with Gasteiger partial charge in [-0.05, 0) is 35.4 Å². The van der Waals surface area contributed by atoms with Crippen LogP contribution >= 0.6 is 0 Å². The highest BCUT2D eigenvalue weighted by molar-refractivity contribution is 5.34. The lowest BCUT2D eigenvalue weighted by molar-refractivity contribution is 0.510. The van der Waals surface area contributed by atoms with E-state index in [1.807, 2.05) is 0 Å². The van der Waals surface area contributed by atoms with Crippen LogP contribution in [0.5, 0.6) is 0 Å². The largest absolute Gasteiger partial charge is 0.324 e. The molecule has 0 aromatic heterocycles. The summed E-state index contributed by atoms with van der Waals surface area (Å²) in [7, 11) is 0. The van der Waals surface area contributed by atoms with Crippen molar-refractivity contribution in [1.82, 2.24) is 0 Å². The molecule has 0 fully saturated rings. The maximum absolute atomic E-state index is 6.24. The Bertz CT molecular complexity index is 315. The van der Waals surface area contributed by atoms with Crippen LogP contribution in [0.25, 0.3) is 0 Å². The molecule has 1 aromatic carbocycles. The second kappa shape index (κ2) is 5.32. The van der Waals surface area contributed by atoms with Crippen LogP contribution in [0.4, 0.5) is 0 Å². The molecule has 1 heteroatoms. The number of aryl methyl sites for hydroxylation is 2. The van der Waals surface area contributed by atoms with Gasteiger partial charge in [0, 0.05) is 6.04 Å². The molecule has 0 spiro atoms. The minimum absolute atomic E-state index is 0.173. The Hall–Kier alpha value is -0.820. The van der Waals surface area contributed by atoms with Crippen LogP contribution in [0.3, 0.4) is 0 Å². The first-order chi connectivity index (χ1) is 7.10. The van der Waals surface area contributed by atoms with Gasteiger partial charge in [0.25, 0.3) is 0 Å². The van der Waals surface area contributed by atoms with Crippen LogP contribution < -0.4 is 5.73 Å². The van der Waals surface area contributed by atoms with Gasteiger partial charge in [0.1, 0.15) is 0 Å². The lowest BCUT2D eigenvalue weighted by atomic mass is 9.90. The zero-order valence-electron chi connectivity index (χ0n) is 10.4. The number of benzene rings is 1. The Morgan fingerprint density at radius 2 is 1.80 bits per heavy atom. The molecular formula is C14H23N. The summed E-state index contributed by atoms with van der Waals surface area (Å²) in [5, 5.41) is 0. The topological polar surface area (TPSA) is 26.0 Å². The van der Waals surface area contributed by atoms with Gasteiger partial charge in [0.15, 0.2) is 0 Å². The van der Waals surface area contributed by atoms with Crippen molar-refractivity contribution < 1.29 is 0 Å². The zero-order chi connectivity index (χ0) is 11.4. The van der Waals surface area contributed by atoms with Crippen molar-refractivity contribution in [1.29, 1.82) is 0 Å². The summed E-state index contributed by atoms with van der Waals surface area (Å²) in [6.45, 7) is 8.74. The Morgan fingerprint density at radius 3 is 2.27 bits per heavy atom. The molecule has 0 bridgehead atoms. The first kappa shape index (κ1) is 12.3. The lowest BCUT2D eigenvalue weighted by Gasteiger charge is -2.20. The molecule has 0 radical (unpaired) electrons. The molecule has 2 N–H and O–H groups in total. The fraction of sp³-hybridized carbons (Fsp3) is 0.571. The number of hydrogen-bond donors (Lipinski definition) is 1. The number of nitrogens with two attached hydrogens (primary N) is 1. The summed E-state index contributed by atoms with van der Waals surface area (Å²) < 4.78 is 0. The van der Waals surface area contributed by atoms with Gasteiger partial charge < -0.3 is 5.73 Å². The summed E-state index contributed by atoms with van der Waals surface area (Å²) in [6.07, 6.45) is 2.15. The van der Waals surface area contributed by atoms with E-state index >= 15 is 0 Å². The second-order valence-corrected chi connectivity index (χ2v) is 4.51. The molecule has 1 aromatic rings. The van der Waals surface area contributed by atoms with Gasteiger partial charge in [0.2, 0.25) is 0 Å². The minimum atomic E-state index is 0.173. The normalized spacial score (nSPS) is 13.2. The molecular weight excluding hydrogens is 182 g/mol. The zero-order valence-corrected chi connectivity index (χ0v) is 10.4. The highest BCUT2D eigenvalue weighted by atomic mass is 14.6. The first-order valence-corrected chi connectivity index (χ1v) is 5.97. The summed E-state index contributed by atoms with van der Waals surface area (Å²) in [5.41, 5.74) is 10.4. The SMILES string of the molecule is CCc1ccc(CC)c(C(N)C(C)C)c1. The van der Waals surface area contributed by atoms with Crippen molar-refractivity contribution in [3.05, 3.63) is 34.9 Å². The van der Waals surface area contributed by atoms with E-state index in [0.717, 1.165) is 12.8 Å². The van der Waals surface area contributed by atoms with Crippen molar-refractivity contribution in [2.45, 2.75) is 46.6 Å². The molecule has 0 aliphatic heterocycles. The highest BCUT2D eigenvalue weighted by Gasteiger charge is 2.13. The van der Waals surface area contributed by atoms with Crippen LogP contribution in [-0.2, 0) is 12.8 Å². The highest BCUT2D eigenvalue weighted by Crippen LogP contribution is 2.24. The fourth-order valence-corrected chi connectivity index (χ4v) is 1.86. The smallest absolute Gasteiger partial charge is 0.0321 e. The fourth-order valence-electron chi connectivity index (χ4n) is 1.86. The molecule has 1 unspecified atom stereocenters. The van der Waals surface area contributed by atoms with E-state index in [0.29, 0.717) is 5.92 Å². The van der Waals surface area contributed by atoms with Crippen molar-refractivity contribution >= 4 is 0 Å². The van der Waals surface area contributed by atoms with E-state index in [9.17, 15) is 0 Å². The summed E-state index contributed by atoms with van der Waals surface area (Å²) in [5.74, 6) is 0.502. The van der Waals surface area contributed by atoms with E-state index in [-0.39, 0.29) is 6.04 Å². The van der Waals surface area contributed by atoms with Crippen molar-refractivity contribution in [3.8, 4) is 0 Å². The van der Waals surface area contributed by atoms with Crippen LogP contribution in [0.1, 0.15) is 50.4 Å². The maximum atomic E-state index is 6.24. The van der Waals surface area contributed by atoms with Gasteiger partial charge in [-0.15, -0.1) is 0 Å². The van der Waals surface area contributed by atoms with E-state index in [1.54, 1.807) is 0 Å². The van der Waals surface area contributed by atoms with Crippen molar-refractivity contribution in [3.63, 3.8) is 0 Å². The molecule has 0 aliphatic rings. The summed E-state index contributed by atoms with van der Waals surface area (Å²) in [4.78, 5) is 0. The third-order valence-corrected chi connectivity index (χ3v) is 3.08. The maximum Gasteiger partial charge on any atom is 0.0321 e. The molecule has 0 heterocycles. The third kappa shape index (κ3) is 2.82. The van der Waals surface area contributed by atoms with Gasteiger partial charge >= 0.3 is 0 Å². The summed E-state index contributed by atoms with van der Waals surface area (Å²) >= 11 is 0. The van der Waals surface area contributed by atoms with E-state index in [4.69, 9.17) is 5.73 Å². The first-order valence-electron chi connectivity index (χ1n) is 5.97. The van der Waals surface area contributed by atoms with Gasteiger partial charge in [-0.3, -0.25) is 0 Å². The molecule has 0 saturated carbocycles. The third-order valence-electron chi connectivity index (χ3n) is 3.08. The second-order valence-electron chi connectivity index (χ2n) is 4.51. The van der Waals surface area contributed by atoms with Gasteiger partial charge in [0.05, 0.1) is 0 Å². The van der Waals surface area contributed by atoms with Gasteiger partial charge in [-0.1, -0.05) is 45.9 Å². The average Bonchev–Trinajstić information content (AvgIpc) is 2.27. The lowest BCUT2D eigenvalue weighted by Crippen LogP contribution is -2.18. The van der Waals surface area contributed by atoms with E-state index in [2.05, 4.69) is 45.9 Å². The molecule has 0 amide bonds. The molecule has 1 atom stereocenters.